The fraction of sp³-hybridized carbons (Fsp3) is 0.160. The molecule has 0 atom stereocenters. The molecule has 0 radical (unpaired) electrons. The van der Waals surface area contributed by atoms with Crippen molar-refractivity contribution in [2.24, 2.45) is 0 Å². The Kier molecular flexibility index (Phi) is 8.02. The number of hydrogen-bond donors (Lipinski definition) is 2. The van der Waals surface area contributed by atoms with Crippen LogP contribution in [-0.2, 0) is 16.1 Å². The SMILES string of the molecule is COc1ccccc1OCC(=O)Nc1cccc(CNC(=O)c2cccc(OC(C)=O)c2)c1. The van der Waals surface area contributed by atoms with E-state index in [2.05, 4.69) is 10.6 Å². The Bertz CT molecular complexity index is 1150. The maximum absolute atomic E-state index is 12.4. The average Bonchev–Trinajstić information content (AvgIpc) is 2.81. The van der Waals surface area contributed by atoms with Gasteiger partial charge in [0.15, 0.2) is 18.1 Å². The van der Waals surface area contributed by atoms with Crippen LogP contribution in [0.4, 0.5) is 5.69 Å². The van der Waals surface area contributed by atoms with Crippen molar-refractivity contribution in [1.29, 1.82) is 0 Å². The van der Waals surface area contributed by atoms with E-state index in [1.165, 1.54) is 20.1 Å². The fourth-order valence-corrected chi connectivity index (χ4v) is 2.99. The van der Waals surface area contributed by atoms with Gasteiger partial charge in [0.05, 0.1) is 7.11 Å². The Morgan fingerprint density at radius 2 is 1.64 bits per heavy atom. The highest BCUT2D eigenvalue weighted by molar-refractivity contribution is 5.95. The van der Waals surface area contributed by atoms with Crippen molar-refractivity contribution in [3.8, 4) is 17.2 Å². The second-order valence-corrected chi connectivity index (χ2v) is 6.99. The number of methoxy groups -OCH3 is 1. The highest BCUT2D eigenvalue weighted by Crippen LogP contribution is 2.25. The smallest absolute Gasteiger partial charge is 0.308 e. The van der Waals surface area contributed by atoms with E-state index in [-0.39, 0.29) is 25.0 Å². The highest BCUT2D eigenvalue weighted by Gasteiger charge is 2.10. The van der Waals surface area contributed by atoms with E-state index in [0.717, 1.165) is 5.56 Å². The summed E-state index contributed by atoms with van der Waals surface area (Å²) in [5.41, 5.74) is 1.74. The van der Waals surface area contributed by atoms with Gasteiger partial charge in [0.25, 0.3) is 11.8 Å². The first-order valence-corrected chi connectivity index (χ1v) is 10.2. The average molecular weight is 448 g/mol. The predicted molar refractivity (Wildman–Crippen MR) is 122 cm³/mol. The molecule has 0 spiro atoms. The lowest BCUT2D eigenvalue weighted by molar-refractivity contribution is -0.131. The molecule has 0 unspecified atom stereocenters. The summed E-state index contributed by atoms with van der Waals surface area (Å²) in [6.45, 7) is 1.36. The Morgan fingerprint density at radius 1 is 0.879 bits per heavy atom. The minimum atomic E-state index is -0.459. The Hall–Kier alpha value is -4.33. The van der Waals surface area contributed by atoms with Crippen molar-refractivity contribution in [1.82, 2.24) is 5.32 Å². The zero-order valence-corrected chi connectivity index (χ0v) is 18.3. The second-order valence-electron chi connectivity index (χ2n) is 6.99. The van der Waals surface area contributed by atoms with Crippen LogP contribution >= 0.6 is 0 Å². The van der Waals surface area contributed by atoms with Crippen LogP contribution in [0.5, 0.6) is 17.2 Å². The van der Waals surface area contributed by atoms with Crippen molar-refractivity contribution >= 4 is 23.5 Å². The molecule has 8 heteroatoms. The minimum absolute atomic E-state index is 0.181. The van der Waals surface area contributed by atoms with Gasteiger partial charge in [-0.2, -0.15) is 0 Å². The van der Waals surface area contributed by atoms with Gasteiger partial charge in [-0.05, 0) is 48.0 Å². The number of nitrogens with one attached hydrogen (secondary N) is 2. The first-order valence-electron chi connectivity index (χ1n) is 10.2. The molecule has 0 heterocycles. The maximum Gasteiger partial charge on any atom is 0.308 e. The quantitative estimate of drug-likeness (QED) is 0.383. The summed E-state index contributed by atoms with van der Waals surface area (Å²) in [6, 6.07) is 20.5. The summed E-state index contributed by atoms with van der Waals surface area (Å²) < 4.78 is 15.7. The summed E-state index contributed by atoms with van der Waals surface area (Å²) in [6.07, 6.45) is 0. The van der Waals surface area contributed by atoms with E-state index in [0.29, 0.717) is 28.5 Å². The van der Waals surface area contributed by atoms with Gasteiger partial charge in [0.1, 0.15) is 5.75 Å². The van der Waals surface area contributed by atoms with Crippen LogP contribution in [0, 0.1) is 0 Å². The lowest BCUT2D eigenvalue weighted by Crippen LogP contribution is -2.23. The van der Waals surface area contributed by atoms with Gasteiger partial charge < -0.3 is 24.8 Å². The first-order chi connectivity index (χ1) is 15.9. The van der Waals surface area contributed by atoms with Crippen molar-refractivity contribution in [3.63, 3.8) is 0 Å². The number of anilines is 1. The molecule has 0 aliphatic heterocycles. The largest absolute Gasteiger partial charge is 0.493 e. The third kappa shape index (κ3) is 7.10. The van der Waals surface area contributed by atoms with Crippen LogP contribution in [0.2, 0.25) is 0 Å². The molecule has 2 N–H and O–H groups in total. The number of para-hydroxylation sites is 2. The normalized spacial score (nSPS) is 10.1. The lowest BCUT2D eigenvalue weighted by atomic mass is 10.1. The molecule has 0 fully saturated rings. The molecule has 0 aliphatic rings. The van der Waals surface area contributed by atoms with E-state index in [1.54, 1.807) is 54.6 Å². The van der Waals surface area contributed by atoms with Gasteiger partial charge in [-0.1, -0.05) is 30.3 Å². The van der Waals surface area contributed by atoms with E-state index in [4.69, 9.17) is 14.2 Å². The number of ether oxygens (including phenoxy) is 3. The van der Waals surface area contributed by atoms with E-state index >= 15 is 0 Å². The van der Waals surface area contributed by atoms with Crippen LogP contribution in [0.3, 0.4) is 0 Å². The number of amides is 2. The van der Waals surface area contributed by atoms with Gasteiger partial charge in [-0.15, -0.1) is 0 Å². The van der Waals surface area contributed by atoms with E-state index in [9.17, 15) is 14.4 Å². The number of carbonyl (C=O) groups is 3. The second kappa shape index (κ2) is 11.3. The number of esters is 1. The molecular weight excluding hydrogens is 424 g/mol. The summed E-state index contributed by atoms with van der Waals surface area (Å²) >= 11 is 0. The summed E-state index contributed by atoms with van der Waals surface area (Å²) in [5.74, 6) is 0.216. The van der Waals surface area contributed by atoms with Gasteiger partial charge in [0.2, 0.25) is 0 Å². The lowest BCUT2D eigenvalue weighted by Gasteiger charge is -2.11. The molecule has 8 nitrogen and oxygen atoms in total. The molecule has 3 aromatic carbocycles. The zero-order valence-electron chi connectivity index (χ0n) is 18.3. The molecule has 3 aromatic rings. The van der Waals surface area contributed by atoms with Crippen LogP contribution < -0.4 is 24.8 Å². The van der Waals surface area contributed by atoms with Gasteiger partial charge in [-0.25, -0.2) is 0 Å². The molecule has 0 bridgehead atoms. The third-order valence-electron chi connectivity index (χ3n) is 4.45. The van der Waals surface area contributed by atoms with Gasteiger partial charge in [0, 0.05) is 24.7 Å². The van der Waals surface area contributed by atoms with Crippen molar-refractivity contribution in [2.75, 3.05) is 19.0 Å². The minimum Gasteiger partial charge on any atom is -0.493 e. The molecule has 0 aliphatic carbocycles. The summed E-state index contributed by atoms with van der Waals surface area (Å²) in [4.78, 5) is 35.8. The van der Waals surface area contributed by atoms with Crippen molar-refractivity contribution < 1.29 is 28.6 Å². The third-order valence-corrected chi connectivity index (χ3v) is 4.45. The van der Waals surface area contributed by atoms with Crippen LogP contribution in [0.25, 0.3) is 0 Å². The topological polar surface area (TPSA) is 103 Å². The number of rotatable bonds is 9. The number of hydrogen-bond acceptors (Lipinski definition) is 6. The molecule has 3 rings (SSSR count). The zero-order chi connectivity index (χ0) is 23.6. The number of carbonyl (C=O) groups excluding carboxylic acids is 3. The van der Waals surface area contributed by atoms with Gasteiger partial charge in [-0.3, -0.25) is 14.4 Å². The molecular formula is C25H24N2O6. The number of benzene rings is 3. The predicted octanol–water partition coefficient (Wildman–Crippen LogP) is 3.57. The van der Waals surface area contributed by atoms with E-state index in [1.807, 2.05) is 12.1 Å². The molecule has 0 saturated heterocycles. The van der Waals surface area contributed by atoms with E-state index < -0.39 is 5.97 Å². The molecule has 170 valence electrons. The Labute approximate surface area is 191 Å². The van der Waals surface area contributed by atoms with Crippen LogP contribution in [0.15, 0.2) is 72.8 Å². The van der Waals surface area contributed by atoms with Gasteiger partial charge >= 0.3 is 5.97 Å². The monoisotopic (exact) mass is 448 g/mol. The van der Waals surface area contributed by atoms with Crippen molar-refractivity contribution in [3.05, 3.63) is 83.9 Å². The van der Waals surface area contributed by atoms with Crippen molar-refractivity contribution in [2.45, 2.75) is 13.5 Å². The first kappa shape index (κ1) is 23.3. The standard InChI is InChI=1S/C25H24N2O6/c1-17(28)33-21-10-6-8-19(14-21)25(30)26-15-18-7-5-9-20(13-18)27-24(29)16-32-23-12-4-3-11-22(23)31-2/h3-14H,15-16H2,1-2H3,(H,26,30)(H,27,29). The van der Waals surface area contributed by atoms with Crippen LogP contribution in [0.1, 0.15) is 22.8 Å². The fourth-order valence-electron chi connectivity index (χ4n) is 2.99. The molecule has 33 heavy (non-hydrogen) atoms. The molecule has 0 saturated carbocycles. The molecule has 2 amide bonds. The maximum atomic E-state index is 12.4. The summed E-state index contributed by atoms with van der Waals surface area (Å²) in [7, 11) is 1.53. The Morgan fingerprint density at radius 3 is 2.39 bits per heavy atom. The van der Waals surface area contributed by atoms with Crippen LogP contribution in [-0.4, -0.2) is 31.5 Å². The Balaban J connectivity index is 1.53. The summed E-state index contributed by atoms with van der Waals surface area (Å²) in [5, 5.41) is 5.57. The molecule has 0 aromatic heterocycles. The highest BCUT2D eigenvalue weighted by atomic mass is 16.5.